The maximum atomic E-state index is 11.6. The summed E-state index contributed by atoms with van der Waals surface area (Å²) in [7, 11) is -3.04. The highest BCUT2D eigenvalue weighted by atomic mass is 32.2. The maximum Gasteiger partial charge on any atom is 0.151 e. The van der Waals surface area contributed by atoms with Gasteiger partial charge in [-0.1, -0.05) is 6.07 Å². The number of H-pyrrole nitrogens is 1. The van der Waals surface area contributed by atoms with E-state index < -0.39 is 9.84 Å². The van der Waals surface area contributed by atoms with Gasteiger partial charge in [-0.25, -0.2) is 13.4 Å². The molecule has 118 valence electrons. The Morgan fingerprint density at radius 2 is 2.04 bits per heavy atom. The molecule has 0 aliphatic heterocycles. The maximum absolute atomic E-state index is 11.6. The Labute approximate surface area is 134 Å². The molecule has 0 amide bonds. The molecule has 0 radical (unpaired) electrons. The minimum absolute atomic E-state index is 0.0648. The Morgan fingerprint density at radius 3 is 2.70 bits per heavy atom. The molecule has 1 N–H and O–H groups in total. The van der Waals surface area contributed by atoms with Crippen LogP contribution in [-0.2, 0) is 15.6 Å². The molecule has 5 nitrogen and oxygen atoms in total. The number of sulfone groups is 1. The summed E-state index contributed by atoms with van der Waals surface area (Å²) < 4.78 is 23.1. The van der Waals surface area contributed by atoms with Crippen LogP contribution in [0.25, 0.3) is 22.3 Å². The van der Waals surface area contributed by atoms with Gasteiger partial charge in [0.15, 0.2) is 9.84 Å². The second-order valence-corrected chi connectivity index (χ2v) is 8.40. The van der Waals surface area contributed by atoms with Gasteiger partial charge in [0.05, 0.1) is 22.7 Å². The summed E-state index contributed by atoms with van der Waals surface area (Å²) in [6.07, 6.45) is 5.33. The molecule has 0 spiro atoms. The highest BCUT2D eigenvalue weighted by Crippen LogP contribution is 2.44. The summed E-state index contributed by atoms with van der Waals surface area (Å²) in [4.78, 5) is 4.71. The van der Waals surface area contributed by atoms with E-state index in [4.69, 9.17) is 4.98 Å². The molecule has 2 heterocycles. The molecular formula is C17H17N3O2S. The van der Waals surface area contributed by atoms with Crippen LogP contribution < -0.4 is 0 Å². The first-order valence-corrected chi connectivity index (χ1v) is 9.67. The van der Waals surface area contributed by atoms with E-state index in [1.54, 1.807) is 6.20 Å². The van der Waals surface area contributed by atoms with E-state index in [2.05, 4.69) is 16.3 Å². The third kappa shape index (κ3) is 2.99. The lowest BCUT2D eigenvalue weighted by Crippen LogP contribution is -2.01. The number of rotatable bonds is 4. The number of benzene rings is 1. The van der Waals surface area contributed by atoms with Gasteiger partial charge in [-0.05, 0) is 54.2 Å². The molecule has 4 rings (SSSR count). The second-order valence-electron chi connectivity index (χ2n) is 6.26. The van der Waals surface area contributed by atoms with Crippen LogP contribution in [0.1, 0.15) is 29.9 Å². The zero-order valence-corrected chi connectivity index (χ0v) is 13.6. The number of nitrogens with zero attached hydrogens (tertiary/aromatic N) is 2. The summed E-state index contributed by atoms with van der Waals surface area (Å²) >= 11 is 0. The molecule has 0 bridgehead atoms. The zero-order chi connectivity index (χ0) is 16.0. The SMILES string of the molecule is CS(=O)(=O)Cc1ccc2nc(-c3ccn[nH]3)cc(C3CC3)c2c1. The monoisotopic (exact) mass is 327 g/mol. The first-order chi connectivity index (χ1) is 11.0. The summed E-state index contributed by atoms with van der Waals surface area (Å²) in [5.41, 5.74) is 4.76. The lowest BCUT2D eigenvalue weighted by atomic mass is 10.0. The van der Waals surface area contributed by atoms with E-state index in [9.17, 15) is 8.42 Å². The number of aromatic amines is 1. The molecule has 0 atom stereocenters. The second kappa shape index (κ2) is 5.16. The molecule has 0 saturated heterocycles. The van der Waals surface area contributed by atoms with Crippen LogP contribution in [0.15, 0.2) is 36.5 Å². The molecular weight excluding hydrogens is 310 g/mol. The van der Waals surface area contributed by atoms with Crippen LogP contribution in [0.3, 0.4) is 0 Å². The van der Waals surface area contributed by atoms with Gasteiger partial charge in [-0.2, -0.15) is 5.10 Å². The molecule has 1 aliphatic carbocycles. The Balaban J connectivity index is 1.88. The van der Waals surface area contributed by atoms with Gasteiger partial charge < -0.3 is 0 Å². The fourth-order valence-electron chi connectivity index (χ4n) is 2.96. The Hall–Kier alpha value is -2.21. The average Bonchev–Trinajstić information content (AvgIpc) is 3.18. The van der Waals surface area contributed by atoms with Gasteiger partial charge >= 0.3 is 0 Å². The van der Waals surface area contributed by atoms with E-state index in [1.165, 1.54) is 24.7 Å². The van der Waals surface area contributed by atoms with Crippen LogP contribution in [0.2, 0.25) is 0 Å². The molecule has 1 fully saturated rings. The van der Waals surface area contributed by atoms with Gasteiger partial charge in [0.1, 0.15) is 0 Å². The Morgan fingerprint density at radius 1 is 1.22 bits per heavy atom. The number of nitrogens with one attached hydrogen (secondary N) is 1. The van der Waals surface area contributed by atoms with Crippen molar-refractivity contribution in [1.82, 2.24) is 15.2 Å². The topological polar surface area (TPSA) is 75.7 Å². The van der Waals surface area contributed by atoms with E-state index >= 15 is 0 Å². The predicted octanol–water partition coefficient (Wildman–Crippen LogP) is 3.05. The van der Waals surface area contributed by atoms with Crippen LogP contribution in [0, 0.1) is 0 Å². The van der Waals surface area contributed by atoms with Crippen molar-refractivity contribution < 1.29 is 8.42 Å². The molecule has 2 aromatic heterocycles. The standard InChI is InChI=1S/C17H17N3O2S/c1-23(21,22)10-11-2-5-15-14(8-11)13(12-3-4-12)9-17(19-15)16-6-7-18-20-16/h2,5-9,12H,3-4,10H2,1H3,(H,18,20). The number of aromatic nitrogens is 3. The van der Waals surface area contributed by atoms with Crippen LogP contribution >= 0.6 is 0 Å². The first kappa shape index (κ1) is 14.4. The average molecular weight is 327 g/mol. The Bertz CT molecular complexity index is 974. The molecule has 3 aromatic rings. The van der Waals surface area contributed by atoms with Crippen molar-refractivity contribution in [2.45, 2.75) is 24.5 Å². The van der Waals surface area contributed by atoms with E-state index in [1.807, 2.05) is 24.3 Å². The van der Waals surface area contributed by atoms with Crippen LogP contribution in [0.5, 0.6) is 0 Å². The highest BCUT2D eigenvalue weighted by Gasteiger charge is 2.26. The number of hydrogen-bond acceptors (Lipinski definition) is 4. The number of fused-ring (bicyclic) bond motifs is 1. The summed E-state index contributed by atoms with van der Waals surface area (Å²) in [5, 5.41) is 8.01. The van der Waals surface area contributed by atoms with Gasteiger partial charge in [-0.15, -0.1) is 0 Å². The highest BCUT2D eigenvalue weighted by molar-refractivity contribution is 7.89. The third-order valence-electron chi connectivity index (χ3n) is 4.13. The van der Waals surface area contributed by atoms with Crippen LogP contribution in [-0.4, -0.2) is 29.9 Å². The van der Waals surface area contributed by atoms with Crippen LogP contribution in [0.4, 0.5) is 0 Å². The van der Waals surface area contributed by atoms with Crippen molar-refractivity contribution in [2.75, 3.05) is 6.26 Å². The zero-order valence-electron chi connectivity index (χ0n) is 12.8. The molecule has 23 heavy (non-hydrogen) atoms. The summed E-state index contributed by atoms with van der Waals surface area (Å²) in [6, 6.07) is 9.76. The molecule has 1 aliphatic rings. The summed E-state index contributed by atoms with van der Waals surface area (Å²) in [6.45, 7) is 0. The third-order valence-corrected chi connectivity index (χ3v) is 4.99. The fraction of sp³-hybridized carbons (Fsp3) is 0.294. The molecule has 6 heteroatoms. The van der Waals surface area contributed by atoms with Crippen molar-refractivity contribution >= 4 is 20.7 Å². The van der Waals surface area contributed by atoms with E-state index in [-0.39, 0.29) is 5.75 Å². The largest absolute Gasteiger partial charge is 0.276 e. The predicted molar refractivity (Wildman–Crippen MR) is 89.8 cm³/mol. The smallest absolute Gasteiger partial charge is 0.151 e. The number of pyridine rings is 1. The lowest BCUT2D eigenvalue weighted by molar-refractivity contribution is 0.601. The van der Waals surface area contributed by atoms with Crippen molar-refractivity contribution in [2.24, 2.45) is 0 Å². The van der Waals surface area contributed by atoms with Crippen molar-refractivity contribution in [3.8, 4) is 11.4 Å². The Kier molecular flexibility index (Phi) is 3.23. The van der Waals surface area contributed by atoms with Gasteiger partial charge in [0.25, 0.3) is 0 Å². The van der Waals surface area contributed by atoms with Crippen molar-refractivity contribution in [3.63, 3.8) is 0 Å². The van der Waals surface area contributed by atoms with E-state index in [0.717, 1.165) is 27.9 Å². The molecule has 1 aromatic carbocycles. The minimum Gasteiger partial charge on any atom is -0.276 e. The quantitative estimate of drug-likeness (QED) is 0.799. The summed E-state index contributed by atoms with van der Waals surface area (Å²) in [5.74, 6) is 0.616. The molecule has 0 unspecified atom stereocenters. The minimum atomic E-state index is -3.04. The van der Waals surface area contributed by atoms with Gasteiger partial charge in [-0.3, -0.25) is 5.10 Å². The van der Waals surface area contributed by atoms with Gasteiger partial charge in [0.2, 0.25) is 0 Å². The van der Waals surface area contributed by atoms with E-state index in [0.29, 0.717) is 5.92 Å². The van der Waals surface area contributed by atoms with Crippen molar-refractivity contribution in [1.29, 1.82) is 0 Å². The number of hydrogen-bond donors (Lipinski definition) is 1. The first-order valence-electron chi connectivity index (χ1n) is 7.61. The lowest BCUT2D eigenvalue weighted by Gasteiger charge is -2.10. The van der Waals surface area contributed by atoms with Gasteiger partial charge in [0, 0.05) is 17.8 Å². The normalized spacial score (nSPS) is 15.2. The molecule has 1 saturated carbocycles. The van der Waals surface area contributed by atoms with Crippen molar-refractivity contribution in [3.05, 3.63) is 47.7 Å². The fourth-order valence-corrected chi connectivity index (χ4v) is 3.75.